The molecule has 0 unspecified atom stereocenters. The number of rotatable bonds is 8. The van der Waals surface area contributed by atoms with E-state index in [1.807, 2.05) is 26.0 Å². The van der Waals surface area contributed by atoms with Crippen molar-refractivity contribution >= 4 is 98.8 Å². The fraction of sp³-hybridized carbons (Fsp3) is 0.0294. The monoisotopic (exact) mass is 928 g/mol. The van der Waals surface area contributed by atoms with E-state index in [2.05, 4.69) is 216 Å². The second-order valence-corrected chi connectivity index (χ2v) is 18.9. The third kappa shape index (κ3) is 7.30. The van der Waals surface area contributed by atoms with Gasteiger partial charge >= 0.3 is 0 Å². The molecule has 0 aromatic heterocycles. The molecule has 0 aliphatic rings. The van der Waals surface area contributed by atoms with Crippen molar-refractivity contribution in [3.63, 3.8) is 0 Å². The lowest BCUT2D eigenvalue weighted by Crippen LogP contribution is -2.09. The van der Waals surface area contributed by atoms with Crippen molar-refractivity contribution in [1.82, 2.24) is 0 Å². The Morgan fingerprint density at radius 1 is 0.236 bits per heavy atom. The van der Waals surface area contributed by atoms with Crippen LogP contribution in [0.3, 0.4) is 0 Å². The third-order valence-electron chi connectivity index (χ3n) is 14.5. The highest BCUT2D eigenvalue weighted by atomic mass is 19.1. The topological polar surface area (TPSA) is 6.48 Å². The highest BCUT2D eigenvalue weighted by Gasteiger charge is 2.21. The molecule has 72 heavy (non-hydrogen) atoms. The lowest BCUT2D eigenvalue weighted by atomic mass is 9.86. The van der Waals surface area contributed by atoms with Crippen molar-refractivity contribution in [2.24, 2.45) is 0 Å². The Hall–Kier alpha value is -9.12. The number of halogens is 2. The maximum Gasteiger partial charge on any atom is 0.123 e. The molecule has 0 N–H and O–H groups in total. The number of para-hydroxylation sites is 4. The van der Waals surface area contributed by atoms with Gasteiger partial charge in [-0.15, -0.1) is 0 Å². The average Bonchev–Trinajstić information content (AvgIpc) is 3.42. The van der Waals surface area contributed by atoms with E-state index in [-0.39, 0.29) is 11.6 Å². The van der Waals surface area contributed by atoms with Crippen LogP contribution in [0, 0.1) is 25.5 Å². The van der Waals surface area contributed by atoms with Gasteiger partial charge < -0.3 is 9.80 Å². The predicted octanol–water partition coefficient (Wildman–Crippen LogP) is 19.8. The standard InChI is InChI=1S/C68H46F2N2/c1-43-35-47(69)25-31-55(43)45-23-29-57-61(37-45)67-41-66-60-34-28-54(72(51-19-11-5-12-20-51)52-21-13-6-14-22-52)40-64(60)58-30-24-46(56-32-26-48(70)36-44(56)2)38-62(58)68(66)42-65(67)59-33-27-53(39-63(57)59)71(49-15-7-3-8-16-49)50-17-9-4-10-18-50/h3-42H,1-2H3. The number of aryl methyl sites for hydroxylation is 2. The van der Waals surface area contributed by atoms with Gasteiger partial charge in [0.05, 0.1) is 0 Å². The molecule has 342 valence electrons. The molecule has 13 aromatic carbocycles. The van der Waals surface area contributed by atoms with E-state index >= 15 is 0 Å². The molecule has 13 rings (SSSR count). The van der Waals surface area contributed by atoms with Gasteiger partial charge in [0.2, 0.25) is 0 Å². The summed E-state index contributed by atoms with van der Waals surface area (Å²) in [6, 6.07) is 84.3. The minimum atomic E-state index is -0.246. The molecular formula is C68H46F2N2. The Balaban J connectivity index is 1.14. The van der Waals surface area contributed by atoms with Crippen molar-refractivity contribution in [3.05, 3.63) is 265 Å². The zero-order chi connectivity index (χ0) is 48.5. The summed E-state index contributed by atoms with van der Waals surface area (Å²) in [4.78, 5) is 4.63. The molecular weight excluding hydrogens is 883 g/mol. The van der Waals surface area contributed by atoms with Crippen molar-refractivity contribution in [1.29, 1.82) is 0 Å². The average molecular weight is 929 g/mol. The van der Waals surface area contributed by atoms with Crippen LogP contribution >= 0.6 is 0 Å². The summed E-state index contributed by atoms with van der Waals surface area (Å²) in [5.74, 6) is -0.492. The zero-order valence-corrected chi connectivity index (χ0v) is 39.7. The van der Waals surface area contributed by atoms with E-state index in [9.17, 15) is 8.78 Å². The molecule has 0 amide bonds. The Bertz CT molecular complexity index is 3890. The van der Waals surface area contributed by atoms with Crippen LogP contribution < -0.4 is 9.80 Å². The first kappa shape index (κ1) is 42.9. The van der Waals surface area contributed by atoms with E-state index in [0.717, 1.165) is 132 Å². The predicted molar refractivity (Wildman–Crippen MR) is 301 cm³/mol. The molecule has 13 aromatic rings. The molecule has 0 aliphatic heterocycles. The van der Waals surface area contributed by atoms with E-state index in [1.54, 1.807) is 24.3 Å². The van der Waals surface area contributed by atoms with Crippen LogP contribution in [0.5, 0.6) is 0 Å². The molecule has 0 aliphatic carbocycles. The number of hydrogen-bond acceptors (Lipinski definition) is 2. The first-order chi connectivity index (χ1) is 35.3. The van der Waals surface area contributed by atoms with Crippen LogP contribution in [0.2, 0.25) is 0 Å². The fourth-order valence-electron chi connectivity index (χ4n) is 11.2. The highest BCUT2D eigenvalue weighted by molar-refractivity contribution is 6.33. The highest BCUT2D eigenvalue weighted by Crippen LogP contribution is 2.47. The second-order valence-electron chi connectivity index (χ2n) is 18.9. The van der Waals surface area contributed by atoms with Crippen molar-refractivity contribution in [2.75, 3.05) is 9.80 Å². The van der Waals surface area contributed by atoms with Gasteiger partial charge in [0.15, 0.2) is 0 Å². The molecule has 0 fully saturated rings. The molecule has 0 heterocycles. The Morgan fingerprint density at radius 2 is 0.528 bits per heavy atom. The summed E-state index contributed by atoms with van der Waals surface area (Å²) >= 11 is 0. The molecule has 0 bridgehead atoms. The Morgan fingerprint density at radius 3 is 0.861 bits per heavy atom. The summed E-state index contributed by atoms with van der Waals surface area (Å²) in [7, 11) is 0. The van der Waals surface area contributed by atoms with Crippen molar-refractivity contribution < 1.29 is 8.78 Å². The summed E-state index contributed by atoms with van der Waals surface area (Å²) < 4.78 is 29.2. The van der Waals surface area contributed by atoms with Gasteiger partial charge in [-0.3, -0.25) is 0 Å². The SMILES string of the molecule is Cc1cc(F)ccc1-c1ccc2c(c1)c1cc3c4ccc(N(c5ccccc5)c5ccccc5)cc4c4ccc(-c5ccc(F)cc5C)cc4c3cc1c1ccc(N(c3ccccc3)c3ccccc3)cc21. The quantitative estimate of drug-likeness (QED) is 0.111. The van der Waals surface area contributed by atoms with Gasteiger partial charge in [0, 0.05) is 34.1 Å². The van der Waals surface area contributed by atoms with Gasteiger partial charge in [-0.25, -0.2) is 8.78 Å². The third-order valence-corrected chi connectivity index (χ3v) is 14.5. The Labute approximate surface area is 416 Å². The number of fused-ring (bicyclic) bond motifs is 12. The molecule has 0 saturated carbocycles. The maximum absolute atomic E-state index is 14.6. The normalized spacial score (nSPS) is 11.6. The largest absolute Gasteiger partial charge is 0.310 e. The molecule has 0 radical (unpaired) electrons. The lowest BCUT2D eigenvalue weighted by Gasteiger charge is -2.26. The minimum Gasteiger partial charge on any atom is -0.310 e. The van der Waals surface area contributed by atoms with E-state index in [1.165, 1.54) is 0 Å². The fourth-order valence-corrected chi connectivity index (χ4v) is 11.2. The van der Waals surface area contributed by atoms with Gasteiger partial charge in [0.1, 0.15) is 11.6 Å². The summed E-state index contributed by atoms with van der Waals surface area (Å²) in [5, 5.41) is 13.6. The van der Waals surface area contributed by atoms with Crippen LogP contribution in [-0.2, 0) is 0 Å². The first-order valence-corrected chi connectivity index (χ1v) is 24.4. The number of hydrogen-bond donors (Lipinski definition) is 0. The number of benzene rings is 13. The first-order valence-electron chi connectivity index (χ1n) is 24.4. The number of anilines is 6. The molecule has 4 heteroatoms. The number of nitrogens with zero attached hydrogens (tertiary/aromatic N) is 2. The smallest absolute Gasteiger partial charge is 0.123 e. The molecule has 0 spiro atoms. The zero-order valence-electron chi connectivity index (χ0n) is 39.7. The van der Waals surface area contributed by atoms with Crippen molar-refractivity contribution in [3.8, 4) is 22.3 Å². The lowest BCUT2D eigenvalue weighted by molar-refractivity contribution is 0.626. The minimum absolute atomic E-state index is 0.246. The van der Waals surface area contributed by atoms with Gasteiger partial charge in [-0.1, -0.05) is 121 Å². The van der Waals surface area contributed by atoms with E-state index in [0.29, 0.717) is 0 Å². The summed E-state index contributed by atoms with van der Waals surface area (Å²) in [6.07, 6.45) is 0. The molecule has 0 atom stereocenters. The molecule has 0 saturated heterocycles. The van der Waals surface area contributed by atoms with Crippen LogP contribution in [0.15, 0.2) is 243 Å². The summed E-state index contributed by atoms with van der Waals surface area (Å²) in [5.41, 5.74) is 12.2. The summed E-state index contributed by atoms with van der Waals surface area (Å²) in [6.45, 7) is 3.96. The van der Waals surface area contributed by atoms with Gasteiger partial charge in [-0.2, -0.15) is 0 Å². The van der Waals surface area contributed by atoms with Crippen LogP contribution in [0.25, 0.3) is 86.9 Å². The van der Waals surface area contributed by atoms with Gasteiger partial charge in [0.25, 0.3) is 0 Å². The van der Waals surface area contributed by atoms with Crippen molar-refractivity contribution in [2.45, 2.75) is 13.8 Å². The van der Waals surface area contributed by atoms with Gasteiger partial charge in [-0.05, 0) is 233 Å². The second kappa shape index (κ2) is 17.4. The molecule has 2 nitrogen and oxygen atoms in total. The van der Waals surface area contributed by atoms with Crippen LogP contribution in [0.1, 0.15) is 11.1 Å². The van der Waals surface area contributed by atoms with Crippen LogP contribution in [0.4, 0.5) is 42.9 Å². The Kier molecular flexibility index (Phi) is 10.4. The van der Waals surface area contributed by atoms with E-state index < -0.39 is 0 Å². The van der Waals surface area contributed by atoms with Crippen LogP contribution in [-0.4, -0.2) is 0 Å². The maximum atomic E-state index is 14.6. The van der Waals surface area contributed by atoms with E-state index in [4.69, 9.17) is 0 Å².